The van der Waals surface area contributed by atoms with Gasteiger partial charge in [-0.3, -0.25) is 9.59 Å². The van der Waals surface area contributed by atoms with Crippen molar-refractivity contribution in [3.63, 3.8) is 0 Å². The summed E-state index contributed by atoms with van der Waals surface area (Å²) in [6, 6.07) is 18.9. The molecule has 5 nitrogen and oxygen atoms in total. The Kier molecular flexibility index (Phi) is 6.83. The van der Waals surface area contributed by atoms with Crippen LogP contribution in [0.5, 0.6) is 5.75 Å². The molecule has 0 spiro atoms. The number of para-hydroxylation sites is 1. The van der Waals surface area contributed by atoms with Crippen LogP contribution in [0.15, 0.2) is 60.7 Å². The van der Waals surface area contributed by atoms with Crippen molar-refractivity contribution in [2.45, 2.75) is 19.4 Å². The van der Waals surface area contributed by atoms with E-state index in [-0.39, 0.29) is 37.4 Å². The van der Waals surface area contributed by atoms with Crippen LogP contribution in [0, 0.1) is 0 Å². The fourth-order valence-electron chi connectivity index (χ4n) is 2.16. The molecule has 0 fully saturated rings. The summed E-state index contributed by atoms with van der Waals surface area (Å²) in [7, 11) is 0. The highest BCUT2D eigenvalue weighted by Crippen LogP contribution is 2.10. The van der Waals surface area contributed by atoms with Crippen molar-refractivity contribution < 1.29 is 14.3 Å². The van der Waals surface area contributed by atoms with Crippen molar-refractivity contribution in [1.29, 1.82) is 0 Å². The second kappa shape index (κ2) is 9.35. The molecule has 0 bridgehead atoms. The van der Waals surface area contributed by atoms with Gasteiger partial charge < -0.3 is 15.4 Å². The van der Waals surface area contributed by atoms with Crippen LogP contribution in [-0.4, -0.2) is 25.0 Å². The highest BCUT2D eigenvalue weighted by molar-refractivity contribution is 5.84. The Morgan fingerprint density at radius 2 is 1.58 bits per heavy atom. The number of rotatable bonds is 8. The summed E-state index contributed by atoms with van der Waals surface area (Å²) < 4.78 is 5.44. The molecule has 2 aromatic rings. The van der Waals surface area contributed by atoms with E-state index in [2.05, 4.69) is 10.6 Å². The number of amides is 2. The summed E-state index contributed by atoms with van der Waals surface area (Å²) >= 11 is 0. The summed E-state index contributed by atoms with van der Waals surface area (Å²) in [6.07, 6.45) is 0.205. The van der Waals surface area contributed by atoms with E-state index < -0.39 is 0 Å². The maximum Gasteiger partial charge on any atom is 0.239 e. The number of nitrogens with one attached hydrogen (secondary N) is 2. The van der Waals surface area contributed by atoms with E-state index in [9.17, 15) is 9.59 Å². The Balaban J connectivity index is 1.63. The Labute approximate surface area is 142 Å². The van der Waals surface area contributed by atoms with E-state index >= 15 is 0 Å². The van der Waals surface area contributed by atoms with Gasteiger partial charge in [0.2, 0.25) is 11.8 Å². The highest BCUT2D eigenvalue weighted by Gasteiger charge is 2.10. The first-order valence-electron chi connectivity index (χ1n) is 7.94. The van der Waals surface area contributed by atoms with E-state index in [0.29, 0.717) is 0 Å². The molecular weight excluding hydrogens is 304 g/mol. The molecule has 126 valence electrons. The highest BCUT2D eigenvalue weighted by atomic mass is 16.5. The second-order valence-electron chi connectivity index (χ2n) is 5.39. The Morgan fingerprint density at radius 3 is 2.25 bits per heavy atom. The standard InChI is InChI=1S/C19H22N2O3/c1-15(16-8-4-2-5-9-16)21-19(23)14-20-18(22)12-13-24-17-10-6-3-7-11-17/h2-11,15H,12-14H2,1H3,(H,20,22)(H,21,23). The molecule has 5 heteroatoms. The van der Waals surface area contributed by atoms with Gasteiger partial charge in [0.05, 0.1) is 25.6 Å². The van der Waals surface area contributed by atoms with Crippen LogP contribution in [0.2, 0.25) is 0 Å². The zero-order valence-electron chi connectivity index (χ0n) is 13.7. The van der Waals surface area contributed by atoms with Crippen LogP contribution in [0.1, 0.15) is 24.9 Å². The molecule has 0 heterocycles. The smallest absolute Gasteiger partial charge is 0.239 e. The summed E-state index contributed by atoms with van der Waals surface area (Å²) in [5.74, 6) is 0.289. The third-order valence-electron chi connectivity index (χ3n) is 3.46. The second-order valence-corrected chi connectivity index (χ2v) is 5.39. The molecule has 1 atom stereocenters. The van der Waals surface area contributed by atoms with Gasteiger partial charge >= 0.3 is 0 Å². The number of ether oxygens (including phenoxy) is 1. The normalized spacial score (nSPS) is 11.4. The predicted octanol–water partition coefficient (Wildman–Crippen LogP) is 2.45. The van der Waals surface area contributed by atoms with Crippen LogP contribution in [0.4, 0.5) is 0 Å². The zero-order chi connectivity index (χ0) is 17.2. The third kappa shape index (κ3) is 6.12. The monoisotopic (exact) mass is 326 g/mol. The van der Waals surface area contributed by atoms with E-state index in [1.807, 2.05) is 67.6 Å². The lowest BCUT2D eigenvalue weighted by Gasteiger charge is -2.14. The number of benzene rings is 2. The van der Waals surface area contributed by atoms with E-state index in [1.54, 1.807) is 0 Å². The molecule has 0 radical (unpaired) electrons. The summed E-state index contributed by atoms with van der Waals surface area (Å²) in [4.78, 5) is 23.6. The molecule has 2 N–H and O–H groups in total. The SMILES string of the molecule is CC(NC(=O)CNC(=O)CCOc1ccccc1)c1ccccc1. The zero-order valence-corrected chi connectivity index (χ0v) is 13.7. The summed E-state index contributed by atoms with van der Waals surface area (Å²) in [5, 5.41) is 5.44. The lowest BCUT2D eigenvalue weighted by Crippen LogP contribution is -2.38. The first-order valence-corrected chi connectivity index (χ1v) is 7.94. The minimum Gasteiger partial charge on any atom is -0.493 e. The van der Waals surface area contributed by atoms with Gasteiger partial charge in [-0.2, -0.15) is 0 Å². The minimum atomic E-state index is -0.219. The van der Waals surface area contributed by atoms with Crippen LogP contribution in [0.3, 0.4) is 0 Å². The minimum absolute atomic E-state index is 0.0403. The van der Waals surface area contributed by atoms with Crippen LogP contribution < -0.4 is 15.4 Å². The average molecular weight is 326 g/mol. The molecule has 1 unspecified atom stereocenters. The molecular formula is C19H22N2O3. The summed E-state index contributed by atoms with van der Waals surface area (Å²) in [5.41, 5.74) is 1.02. The van der Waals surface area contributed by atoms with E-state index in [4.69, 9.17) is 4.74 Å². The molecule has 0 aliphatic rings. The number of hydrogen-bond donors (Lipinski definition) is 2. The van der Waals surface area contributed by atoms with Crippen molar-refractivity contribution in [2.24, 2.45) is 0 Å². The molecule has 0 aliphatic heterocycles. The molecule has 0 saturated carbocycles. The predicted molar refractivity (Wildman–Crippen MR) is 92.6 cm³/mol. The number of carbonyl (C=O) groups is 2. The van der Waals surface area contributed by atoms with Gasteiger partial charge in [-0.15, -0.1) is 0 Å². The van der Waals surface area contributed by atoms with Gasteiger partial charge in [-0.05, 0) is 24.6 Å². The quantitative estimate of drug-likeness (QED) is 0.783. The van der Waals surface area contributed by atoms with Crippen molar-refractivity contribution in [1.82, 2.24) is 10.6 Å². The maximum absolute atomic E-state index is 11.9. The molecule has 2 amide bonds. The Bertz CT molecular complexity index is 644. The molecule has 0 saturated heterocycles. The van der Waals surface area contributed by atoms with Crippen LogP contribution >= 0.6 is 0 Å². The maximum atomic E-state index is 11.9. The van der Waals surface area contributed by atoms with Gasteiger partial charge in [0.25, 0.3) is 0 Å². The first kappa shape index (κ1) is 17.5. The lowest BCUT2D eigenvalue weighted by atomic mass is 10.1. The van der Waals surface area contributed by atoms with Crippen molar-refractivity contribution in [3.05, 3.63) is 66.2 Å². The molecule has 2 aromatic carbocycles. The Morgan fingerprint density at radius 1 is 0.958 bits per heavy atom. The van der Waals surface area contributed by atoms with Gasteiger partial charge in [-0.1, -0.05) is 48.5 Å². The van der Waals surface area contributed by atoms with Crippen molar-refractivity contribution in [3.8, 4) is 5.75 Å². The van der Waals surface area contributed by atoms with Gasteiger partial charge in [0.15, 0.2) is 0 Å². The van der Waals surface area contributed by atoms with Gasteiger partial charge in [0.1, 0.15) is 5.75 Å². The summed E-state index contributed by atoms with van der Waals surface area (Å²) in [6.45, 7) is 2.14. The van der Waals surface area contributed by atoms with Crippen molar-refractivity contribution in [2.75, 3.05) is 13.2 Å². The fraction of sp³-hybridized carbons (Fsp3) is 0.263. The number of hydrogen-bond acceptors (Lipinski definition) is 3. The van der Waals surface area contributed by atoms with E-state index in [1.165, 1.54) is 0 Å². The van der Waals surface area contributed by atoms with Crippen molar-refractivity contribution >= 4 is 11.8 Å². The third-order valence-corrected chi connectivity index (χ3v) is 3.46. The molecule has 2 rings (SSSR count). The molecule has 0 aromatic heterocycles. The van der Waals surface area contributed by atoms with Crippen LogP contribution in [0.25, 0.3) is 0 Å². The average Bonchev–Trinajstić information content (AvgIpc) is 2.61. The topological polar surface area (TPSA) is 67.4 Å². The molecule has 0 aliphatic carbocycles. The largest absolute Gasteiger partial charge is 0.493 e. The van der Waals surface area contributed by atoms with Gasteiger partial charge in [-0.25, -0.2) is 0 Å². The van der Waals surface area contributed by atoms with Gasteiger partial charge in [0, 0.05) is 0 Å². The Hall–Kier alpha value is -2.82. The number of carbonyl (C=O) groups excluding carboxylic acids is 2. The fourth-order valence-corrected chi connectivity index (χ4v) is 2.16. The molecule has 24 heavy (non-hydrogen) atoms. The van der Waals surface area contributed by atoms with E-state index in [0.717, 1.165) is 11.3 Å². The van der Waals surface area contributed by atoms with Crippen LogP contribution in [-0.2, 0) is 9.59 Å². The first-order chi connectivity index (χ1) is 11.6. The lowest BCUT2D eigenvalue weighted by molar-refractivity contribution is -0.126.